The lowest BCUT2D eigenvalue weighted by molar-refractivity contribution is 0.460. The molecule has 0 aliphatic heterocycles. The standard InChI is InChI=1S/C7H11NO.ClH/c1-2-6(8)7-4-3-5-9-7;/h3-6H,2,8H2,1H3;1H/t6-;/m1./s1. The summed E-state index contributed by atoms with van der Waals surface area (Å²) in [5.74, 6) is 0.873. The molecule has 0 spiro atoms. The molecule has 0 aliphatic carbocycles. The molecule has 0 saturated carbocycles. The van der Waals surface area contributed by atoms with Crippen molar-refractivity contribution in [1.82, 2.24) is 0 Å². The fourth-order valence-electron chi connectivity index (χ4n) is 0.703. The van der Waals surface area contributed by atoms with Crippen LogP contribution in [0, 0.1) is 0 Å². The van der Waals surface area contributed by atoms with Gasteiger partial charge in [0.25, 0.3) is 0 Å². The third-order valence-electron chi connectivity index (χ3n) is 1.35. The summed E-state index contributed by atoms with van der Waals surface area (Å²) < 4.78 is 5.06. The van der Waals surface area contributed by atoms with Gasteiger partial charge in [-0.25, -0.2) is 0 Å². The fraction of sp³-hybridized carbons (Fsp3) is 0.429. The second-order valence-corrected chi connectivity index (χ2v) is 2.03. The maximum atomic E-state index is 5.64. The molecule has 0 amide bonds. The van der Waals surface area contributed by atoms with Crippen LogP contribution in [-0.4, -0.2) is 0 Å². The third-order valence-corrected chi connectivity index (χ3v) is 1.35. The van der Waals surface area contributed by atoms with Gasteiger partial charge in [-0.15, -0.1) is 12.4 Å². The van der Waals surface area contributed by atoms with Crippen LogP contribution in [0.4, 0.5) is 0 Å². The van der Waals surface area contributed by atoms with Gasteiger partial charge in [0, 0.05) is 0 Å². The first-order valence-corrected chi connectivity index (χ1v) is 3.13. The number of furan rings is 1. The summed E-state index contributed by atoms with van der Waals surface area (Å²) in [5, 5.41) is 0. The first-order chi connectivity index (χ1) is 4.34. The molecule has 0 aromatic carbocycles. The molecule has 0 unspecified atom stereocenters. The molecule has 1 rings (SSSR count). The van der Waals surface area contributed by atoms with Crippen LogP contribution < -0.4 is 5.73 Å². The maximum absolute atomic E-state index is 5.64. The highest BCUT2D eigenvalue weighted by Gasteiger charge is 2.03. The molecule has 0 aliphatic rings. The van der Waals surface area contributed by atoms with E-state index in [4.69, 9.17) is 10.2 Å². The Balaban J connectivity index is 0.000000810. The number of hydrogen-bond donors (Lipinski definition) is 1. The third kappa shape index (κ3) is 2.05. The zero-order chi connectivity index (χ0) is 6.69. The van der Waals surface area contributed by atoms with E-state index in [1.54, 1.807) is 6.26 Å². The van der Waals surface area contributed by atoms with Crippen molar-refractivity contribution in [3.63, 3.8) is 0 Å². The van der Waals surface area contributed by atoms with Crippen LogP contribution in [0.3, 0.4) is 0 Å². The van der Waals surface area contributed by atoms with E-state index in [1.807, 2.05) is 19.1 Å². The van der Waals surface area contributed by atoms with Gasteiger partial charge in [0.2, 0.25) is 0 Å². The summed E-state index contributed by atoms with van der Waals surface area (Å²) in [7, 11) is 0. The molecular weight excluding hydrogens is 150 g/mol. The van der Waals surface area contributed by atoms with Gasteiger partial charge in [0.05, 0.1) is 12.3 Å². The van der Waals surface area contributed by atoms with Crippen LogP contribution in [0.15, 0.2) is 22.8 Å². The van der Waals surface area contributed by atoms with Crippen molar-refractivity contribution in [3.05, 3.63) is 24.2 Å². The average molecular weight is 162 g/mol. The Morgan fingerprint density at radius 1 is 1.70 bits per heavy atom. The van der Waals surface area contributed by atoms with E-state index in [0.29, 0.717) is 0 Å². The normalized spacial score (nSPS) is 12.2. The Kier molecular flexibility index (Phi) is 4.16. The van der Waals surface area contributed by atoms with E-state index in [2.05, 4.69) is 0 Å². The SMILES string of the molecule is CC[C@@H](N)c1ccco1.Cl. The zero-order valence-corrected chi connectivity index (χ0v) is 6.73. The Bertz CT molecular complexity index is 162. The van der Waals surface area contributed by atoms with E-state index in [0.717, 1.165) is 12.2 Å². The van der Waals surface area contributed by atoms with Crippen molar-refractivity contribution in [1.29, 1.82) is 0 Å². The van der Waals surface area contributed by atoms with Crippen LogP contribution in [-0.2, 0) is 0 Å². The largest absolute Gasteiger partial charge is 0.468 e. The van der Waals surface area contributed by atoms with Gasteiger partial charge in [-0.1, -0.05) is 6.92 Å². The number of nitrogens with two attached hydrogens (primary N) is 1. The van der Waals surface area contributed by atoms with Crippen LogP contribution in [0.2, 0.25) is 0 Å². The van der Waals surface area contributed by atoms with Crippen LogP contribution in [0.25, 0.3) is 0 Å². The number of halogens is 1. The monoisotopic (exact) mass is 161 g/mol. The minimum atomic E-state index is 0. The minimum Gasteiger partial charge on any atom is -0.468 e. The van der Waals surface area contributed by atoms with Gasteiger partial charge in [-0.3, -0.25) is 0 Å². The molecule has 1 heterocycles. The Hall–Kier alpha value is -0.470. The second-order valence-electron chi connectivity index (χ2n) is 2.03. The molecule has 1 atom stereocenters. The van der Waals surface area contributed by atoms with Gasteiger partial charge >= 0.3 is 0 Å². The predicted molar refractivity (Wildman–Crippen MR) is 43.2 cm³/mol. The van der Waals surface area contributed by atoms with Gasteiger partial charge < -0.3 is 10.2 Å². The Morgan fingerprint density at radius 3 is 2.80 bits per heavy atom. The van der Waals surface area contributed by atoms with Gasteiger partial charge in [0.1, 0.15) is 5.76 Å². The van der Waals surface area contributed by atoms with E-state index in [-0.39, 0.29) is 18.4 Å². The van der Waals surface area contributed by atoms with Crippen molar-refractivity contribution < 1.29 is 4.42 Å². The van der Waals surface area contributed by atoms with Crippen molar-refractivity contribution in [2.75, 3.05) is 0 Å². The van der Waals surface area contributed by atoms with E-state index in [1.165, 1.54) is 0 Å². The van der Waals surface area contributed by atoms with E-state index in [9.17, 15) is 0 Å². The van der Waals surface area contributed by atoms with Gasteiger partial charge in [-0.05, 0) is 18.6 Å². The molecule has 2 N–H and O–H groups in total. The Labute approximate surface area is 66.8 Å². The first kappa shape index (κ1) is 9.53. The van der Waals surface area contributed by atoms with Crippen LogP contribution in [0.1, 0.15) is 25.1 Å². The van der Waals surface area contributed by atoms with Crippen molar-refractivity contribution in [2.45, 2.75) is 19.4 Å². The lowest BCUT2D eigenvalue weighted by Crippen LogP contribution is -2.06. The molecule has 1 aromatic heterocycles. The quantitative estimate of drug-likeness (QED) is 0.722. The molecular formula is C7H12ClNO. The molecule has 0 fully saturated rings. The van der Waals surface area contributed by atoms with Crippen molar-refractivity contribution in [2.24, 2.45) is 5.73 Å². The summed E-state index contributed by atoms with van der Waals surface area (Å²) in [6, 6.07) is 3.82. The molecule has 1 aromatic rings. The average Bonchev–Trinajstić information content (AvgIpc) is 2.37. The van der Waals surface area contributed by atoms with Crippen LogP contribution in [0.5, 0.6) is 0 Å². The molecule has 58 valence electrons. The summed E-state index contributed by atoms with van der Waals surface area (Å²) in [5.41, 5.74) is 5.64. The molecule has 10 heavy (non-hydrogen) atoms. The van der Waals surface area contributed by atoms with Crippen molar-refractivity contribution in [3.8, 4) is 0 Å². The molecule has 3 heteroatoms. The summed E-state index contributed by atoms with van der Waals surface area (Å²) in [6.07, 6.45) is 2.57. The fourth-order valence-corrected chi connectivity index (χ4v) is 0.703. The topological polar surface area (TPSA) is 39.2 Å². The lowest BCUT2D eigenvalue weighted by atomic mass is 10.2. The zero-order valence-electron chi connectivity index (χ0n) is 5.91. The Morgan fingerprint density at radius 2 is 2.40 bits per heavy atom. The molecule has 0 radical (unpaired) electrons. The summed E-state index contributed by atoms with van der Waals surface area (Å²) in [4.78, 5) is 0. The lowest BCUT2D eigenvalue weighted by Gasteiger charge is -2.01. The number of hydrogen-bond acceptors (Lipinski definition) is 2. The van der Waals surface area contributed by atoms with Gasteiger partial charge in [-0.2, -0.15) is 0 Å². The highest BCUT2D eigenvalue weighted by atomic mass is 35.5. The van der Waals surface area contributed by atoms with Crippen LogP contribution >= 0.6 is 12.4 Å². The maximum Gasteiger partial charge on any atom is 0.120 e. The van der Waals surface area contributed by atoms with E-state index >= 15 is 0 Å². The highest BCUT2D eigenvalue weighted by molar-refractivity contribution is 5.85. The summed E-state index contributed by atoms with van der Waals surface area (Å²) in [6.45, 7) is 2.03. The molecule has 0 bridgehead atoms. The predicted octanol–water partition coefficient (Wildman–Crippen LogP) is 2.11. The number of rotatable bonds is 2. The smallest absolute Gasteiger partial charge is 0.120 e. The summed E-state index contributed by atoms with van der Waals surface area (Å²) >= 11 is 0. The van der Waals surface area contributed by atoms with Gasteiger partial charge in [0.15, 0.2) is 0 Å². The van der Waals surface area contributed by atoms with Crippen molar-refractivity contribution >= 4 is 12.4 Å². The first-order valence-electron chi connectivity index (χ1n) is 3.13. The molecule has 2 nitrogen and oxygen atoms in total. The minimum absolute atomic E-state index is 0. The second kappa shape index (κ2) is 4.36. The highest BCUT2D eigenvalue weighted by Crippen LogP contribution is 2.12. The molecule has 0 saturated heterocycles. The van der Waals surface area contributed by atoms with E-state index < -0.39 is 0 Å².